The number of carbonyl (C=O) groups excluding carboxylic acids is 2. The first-order chi connectivity index (χ1) is 15.5. The van der Waals surface area contributed by atoms with E-state index in [1.54, 1.807) is 49.6 Å². The smallest absolute Gasteiger partial charge is 0.545 e. The van der Waals surface area contributed by atoms with Crippen molar-refractivity contribution >= 4 is 17.3 Å². The number of hydrogen-bond donors (Lipinski definition) is 0. The zero-order valence-electron chi connectivity index (χ0n) is 19.8. The molecule has 0 bridgehead atoms. The van der Waals surface area contributed by atoms with Crippen LogP contribution in [0.4, 0.5) is 0 Å². The number of aliphatic carboxylic acids is 1. The van der Waals surface area contributed by atoms with Crippen molar-refractivity contribution in [1.29, 1.82) is 0 Å². The van der Waals surface area contributed by atoms with E-state index in [1.807, 2.05) is 0 Å². The Balaban J connectivity index is 0.00000385. The second-order valence-corrected chi connectivity index (χ2v) is 8.01. The van der Waals surface area contributed by atoms with Gasteiger partial charge in [-0.2, -0.15) is 0 Å². The molecular formula is C26H29NaO6. The number of carbonyl (C=O) groups is 2. The molecule has 33 heavy (non-hydrogen) atoms. The summed E-state index contributed by atoms with van der Waals surface area (Å²) in [6.45, 7) is 0. The van der Waals surface area contributed by atoms with Crippen molar-refractivity contribution in [2.75, 3.05) is 21.3 Å². The molecule has 7 heteroatoms. The second-order valence-electron chi connectivity index (χ2n) is 8.01. The Morgan fingerprint density at radius 1 is 0.818 bits per heavy atom. The third-order valence-corrected chi connectivity index (χ3v) is 5.99. The Morgan fingerprint density at radius 2 is 1.36 bits per heavy atom. The molecule has 1 fully saturated rings. The van der Waals surface area contributed by atoms with Gasteiger partial charge in [-0.25, -0.2) is 0 Å². The minimum Gasteiger partial charge on any atom is -0.545 e. The van der Waals surface area contributed by atoms with Gasteiger partial charge in [0.05, 0.1) is 27.3 Å². The van der Waals surface area contributed by atoms with Crippen LogP contribution >= 0.6 is 0 Å². The molecule has 0 N–H and O–H groups in total. The SMILES string of the molecule is COc1ccc(C(=O)/C(CC2CCCCC2)=C(/C(=O)[O-])c2cc(OC)cc(OC)c2)cc1.[Na+]. The molecule has 0 aromatic heterocycles. The molecule has 1 aliphatic carbocycles. The summed E-state index contributed by atoms with van der Waals surface area (Å²) in [6.07, 6.45) is 5.67. The predicted octanol–water partition coefficient (Wildman–Crippen LogP) is 1.07. The Bertz CT molecular complexity index is 968. The van der Waals surface area contributed by atoms with Crippen LogP contribution in [0.3, 0.4) is 0 Å². The summed E-state index contributed by atoms with van der Waals surface area (Å²) < 4.78 is 15.8. The second kappa shape index (κ2) is 12.8. The van der Waals surface area contributed by atoms with Gasteiger partial charge in [0, 0.05) is 22.8 Å². The minimum absolute atomic E-state index is 0. The minimum atomic E-state index is -1.40. The maximum atomic E-state index is 13.6. The molecule has 0 atom stereocenters. The largest absolute Gasteiger partial charge is 1.00 e. The van der Waals surface area contributed by atoms with Crippen LogP contribution in [0.1, 0.15) is 54.4 Å². The monoisotopic (exact) mass is 460 g/mol. The number of allylic oxidation sites excluding steroid dienone is 1. The molecule has 0 amide bonds. The van der Waals surface area contributed by atoms with Gasteiger partial charge in [0.15, 0.2) is 5.78 Å². The predicted molar refractivity (Wildman–Crippen MR) is 120 cm³/mol. The van der Waals surface area contributed by atoms with Crippen LogP contribution in [-0.4, -0.2) is 33.1 Å². The quantitative estimate of drug-likeness (QED) is 0.316. The van der Waals surface area contributed by atoms with Crippen LogP contribution in [0.25, 0.3) is 5.57 Å². The number of benzene rings is 2. The van der Waals surface area contributed by atoms with Gasteiger partial charge in [0.2, 0.25) is 0 Å². The molecule has 1 saturated carbocycles. The summed E-state index contributed by atoms with van der Waals surface area (Å²) in [7, 11) is 4.54. The van der Waals surface area contributed by atoms with Gasteiger partial charge in [-0.15, -0.1) is 0 Å². The molecule has 2 aromatic carbocycles. The fourth-order valence-electron chi connectivity index (χ4n) is 4.27. The van der Waals surface area contributed by atoms with Gasteiger partial charge in [-0.1, -0.05) is 32.1 Å². The number of rotatable bonds is 9. The van der Waals surface area contributed by atoms with Crippen molar-refractivity contribution in [3.63, 3.8) is 0 Å². The number of ketones is 1. The molecule has 6 nitrogen and oxygen atoms in total. The van der Waals surface area contributed by atoms with Crippen LogP contribution < -0.4 is 48.9 Å². The van der Waals surface area contributed by atoms with Crippen molar-refractivity contribution in [2.45, 2.75) is 38.5 Å². The van der Waals surface area contributed by atoms with Crippen molar-refractivity contribution < 1.29 is 58.5 Å². The molecule has 0 saturated heterocycles. The standard InChI is InChI=1S/C26H30O6.Na/c1-30-20-11-9-18(10-12-20)25(27)23(13-17-7-5-4-6-8-17)24(26(28)29)19-14-21(31-2)16-22(15-19)32-3;/h9-12,14-17H,4-8,13H2,1-3H3,(H,28,29);/q;+1/p-1/b24-23+;. The van der Waals surface area contributed by atoms with E-state index in [9.17, 15) is 14.7 Å². The van der Waals surface area contributed by atoms with E-state index in [-0.39, 0.29) is 52.4 Å². The number of methoxy groups -OCH3 is 3. The van der Waals surface area contributed by atoms with E-state index in [0.29, 0.717) is 34.8 Å². The van der Waals surface area contributed by atoms with Gasteiger partial charge in [-0.3, -0.25) is 4.79 Å². The van der Waals surface area contributed by atoms with E-state index < -0.39 is 5.97 Å². The number of carboxylic acid groups (broad SMARTS) is 1. The first kappa shape index (κ1) is 27.0. The molecule has 0 heterocycles. The normalized spacial score (nSPS) is 14.5. The first-order valence-corrected chi connectivity index (χ1v) is 10.8. The van der Waals surface area contributed by atoms with Crippen molar-refractivity contribution in [2.24, 2.45) is 5.92 Å². The third-order valence-electron chi connectivity index (χ3n) is 5.99. The Kier molecular flexibility index (Phi) is 10.5. The molecule has 0 aliphatic heterocycles. The van der Waals surface area contributed by atoms with E-state index in [1.165, 1.54) is 20.6 Å². The topological polar surface area (TPSA) is 84.9 Å². The van der Waals surface area contributed by atoms with Gasteiger partial charge >= 0.3 is 29.6 Å². The van der Waals surface area contributed by atoms with E-state index >= 15 is 0 Å². The van der Waals surface area contributed by atoms with Gasteiger partial charge in [0.25, 0.3) is 0 Å². The molecule has 1 aliphatic rings. The number of hydrogen-bond acceptors (Lipinski definition) is 6. The molecule has 0 spiro atoms. The molecular weight excluding hydrogens is 431 g/mol. The summed E-state index contributed by atoms with van der Waals surface area (Å²) in [4.78, 5) is 26.0. The Labute approximate surface area is 217 Å². The third kappa shape index (κ3) is 6.85. The fraction of sp³-hybridized carbons (Fsp3) is 0.385. The summed E-state index contributed by atoms with van der Waals surface area (Å²) in [6, 6.07) is 11.5. The summed E-state index contributed by atoms with van der Waals surface area (Å²) in [5.41, 5.74) is 0.866. The van der Waals surface area contributed by atoms with Gasteiger partial charge in [-0.05, 0) is 54.3 Å². The summed E-state index contributed by atoms with van der Waals surface area (Å²) in [5, 5.41) is 12.4. The molecule has 0 radical (unpaired) electrons. The van der Waals surface area contributed by atoms with E-state index in [0.717, 1.165) is 25.7 Å². The van der Waals surface area contributed by atoms with Crippen molar-refractivity contribution in [3.8, 4) is 17.2 Å². The maximum Gasteiger partial charge on any atom is 1.00 e. The van der Waals surface area contributed by atoms with Crippen molar-refractivity contribution in [3.05, 3.63) is 59.2 Å². The van der Waals surface area contributed by atoms with Crippen molar-refractivity contribution in [1.82, 2.24) is 0 Å². The van der Waals surface area contributed by atoms with E-state index in [4.69, 9.17) is 14.2 Å². The van der Waals surface area contributed by atoms with Crippen LogP contribution in [0, 0.1) is 5.92 Å². The zero-order valence-corrected chi connectivity index (χ0v) is 21.8. The van der Waals surface area contributed by atoms with Crippen LogP contribution in [0.2, 0.25) is 0 Å². The average molecular weight is 461 g/mol. The number of carboxylic acids is 1. The van der Waals surface area contributed by atoms with Crippen LogP contribution in [-0.2, 0) is 4.79 Å². The Morgan fingerprint density at radius 3 is 1.85 bits per heavy atom. The molecule has 3 rings (SSSR count). The Hall–Kier alpha value is -2.28. The average Bonchev–Trinajstić information content (AvgIpc) is 2.83. The first-order valence-electron chi connectivity index (χ1n) is 10.8. The van der Waals surface area contributed by atoms with Crippen LogP contribution in [0.5, 0.6) is 17.2 Å². The van der Waals surface area contributed by atoms with E-state index in [2.05, 4.69) is 0 Å². The summed E-state index contributed by atoms with van der Waals surface area (Å²) >= 11 is 0. The molecule has 2 aromatic rings. The van der Waals surface area contributed by atoms with Crippen LogP contribution in [0.15, 0.2) is 48.0 Å². The summed E-state index contributed by atoms with van der Waals surface area (Å²) in [5.74, 6) is 0.0334. The maximum absolute atomic E-state index is 13.6. The fourth-order valence-corrected chi connectivity index (χ4v) is 4.27. The number of Topliss-reactive ketones (excluding diaryl/α,β-unsaturated/α-hetero) is 1. The zero-order chi connectivity index (χ0) is 23.1. The van der Waals surface area contributed by atoms with Gasteiger partial charge in [0.1, 0.15) is 17.2 Å². The number of ether oxygens (including phenoxy) is 3. The molecule has 170 valence electrons. The van der Waals surface area contributed by atoms with Gasteiger partial charge < -0.3 is 24.1 Å². The molecule has 0 unspecified atom stereocenters.